The van der Waals surface area contributed by atoms with Crippen LogP contribution in [0.2, 0.25) is 25.1 Å². The molecular weight excluding hydrogens is 493 g/mol. The maximum atomic E-state index is 12.6. The zero-order chi connectivity index (χ0) is 21.6. The number of carbonyl (C=O) groups is 1. The third-order valence-corrected chi connectivity index (χ3v) is 8.09. The molecule has 5 nitrogen and oxygen atoms in total. The molecule has 0 radical (unpaired) electrons. The van der Waals surface area contributed by atoms with Gasteiger partial charge in [-0.3, -0.25) is 4.79 Å². The number of piperidine rings is 1. The van der Waals surface area contributed by atoms with Crippen molar-refractivity contribution in [2.24, 2.45) is 0 Å². The minimum absolute atomic E-state index is 0.0145. The molecule has 2 aliphatic rings. The second-order valence-corrected chi connectivity index (χ2v) is 9.54. The molecule has 0 aliphatic carbocycles. The first-order valence-electron chi connectivity index (χ1n) is 9.52. The standard InChI is InChI=1S/C20H19Cl5N2O3/c1-27-10-2-3-11(27)7-9(6-10)26-20(28)13-5-4-12(30-13)8-29-19-17(24)15(22)14(21)16(23)18(19)25/h4-5,9-11H,2-3,6-8H2,1H3,(H,26,28). The van der Waals surface area contributed by atoms with E-state index >= 15 is 0 Å². The second kappa shape index (κ2) is 8.97. The van der Waals surface area contributed by atoms with Gasteiger partial charge in [0, 0.05) is 18.1 Å². The SMILES string of the molecule is CN1C2CCC1CC(NC(=O)c1ccc(COc3c(Cl)c(Cl)c(Cl)c(Cl)c3Cl)o1)C2. The lowest BCUT2D eigenvalue weighted by Gasteiger charge is -2.36. The van der Waals surface area contributed by atoms with Crippen LogP contribution in [0.5, 0.6) is 5.75 Å². The van der Waals surface area contributed by atoms with Crippen molar-refractivity contribution in [2.45, 2.75) is 50.4 Å². The molecule has 2 saturated heterocycles. The molecule has 10 heteroatoms. The zero-order valence-corrected chi connectivity index (χ0v) is 19.8. The fourth-order valence-corrected chi connectivity index (χ4v) is 5.45. The number of halogens is 5. The molecule has 2 fully saturated rings. The van der Waals surface area contributed by atoms with E-state index in [0.717, 1.165) is 12.8 Å². The molecule has 2 bridgehead atoms. The van der Waals surface area contributed by atoms with E-state index in [0.29, 0.717) is 17.8 Å². The van der Waals surface area contributed by atoms with Gasteiger partial charge in [-0.1, -0.05) is 58.0 Å². The molecule has 162 valence electrons. The van der Waals surface area contributed by atoms with Crippen LogP contribution in [0.3, 0.4) is 0 Å². The van der Waals surface area contributed by atoms with Crippen molar-refractivity contribution in [3.63, 3.8) is 0 Å². The predicted octanol–water partition coefficient (Wildman–Crippen LogP) is 6.48. The number of rotatable bonds is 5. The minimum Gasteiger partial charge on any atom is -0.482 e. The highest BCUT2D eigenvalue weighted by molar-refractivity contribution is 6.55. The van der Waals surface area contributed by atoms with Crippen LogP contribution in [0.15, 0.2) is 16.5 Å². The van der Waals surface area contributed by atoms with Gasteiger partial charge in [-0.2, -0.15) is 0 Å². The van der Waals surface area contributed by atoms with E-state index in [1.165, 1.54) is 12.8 Å². The summed E-state index contributed by atoms with van der Waals surface area (Å²) >= 11 is 30.4. The van der Waals surface area contributed by atoms with Gasteiger partial charge in [0.1, 0.15) is 22.4 Å². The molecule has 1 N–H and O–H groups in total. The van der Waals surface area contributed by atoms with Crippen molar-refractivity contribution >= 4 is 63.9 Å². The van der Waals surface area contributed by atoms with Crippen LogP contribution in [0.1, 0.15) is 42.0 Å². The largest absolute Gasteiger partial charge is 0.482 e. The number of amides is 1. The van der Waals surface area contributed by atoms with Gasteiger partial charge in [0.2, 0.25) is 0 Å². The van der Waals surface area contributed by atoms with Crippen molar-refractivity contribution in [1.82, 2.24) is 10.2 Å². The van der Waals surface area contributed by atoms with Crippen LogP contribution in [0, 0.1) is 0 Å². The van der Waals surface area contributed by atoms with E-state index in [2.05, 4.69) is 17.3 Å². The Balaban J connectivity index is 1.39. The number of carbonyl (C=O) groups excluding carboxylic acids is 1. The number of ether oxygens (including phenoxy) is 1. The Kier molecular flexibility index (Phi) is 6.69. The molecule has 4 rings (SSSR count). The quantitative estimate of drug-likeness (QED) is 0.368. The first-order valence-corrected chi connectivity index (χ1v) is 11.4. The number of hydrogen-bond donors (Lipinski definition) is 1. The summed E-state index contributed by atoms with van der Waals surface area (Å²) in [5.41, 5.74) is 0. The molecule has 2 unspecified atom stereocenters. The summed E-state index contributed by atoms with van der Waals surface area (Å²) < 4.78 is 11.3. The molecule has 1 aromatic heterocycles. The lowest BCUT2D eigenvalue weighted by molar-refractivity contribution is 0.0851. The van der Waals surface area contributed by atoms with E-state index in [1.54, 1.807) is 12.1 Å². The molecule has 2 atom stereocenters. The van der Waals surface area contributed by atoms with Crippen LogP contribution >= 0.6 is 58.0 Å². The molecule has 30 heavy (non-hydrogen) atoms. The van der Waals surface area contributed by atoms with Gasteiger partial charge in [-0.15, -0.1) is 0 Å². The normalized spacial score (nSPS) is 23.6. The molecule has 0 saturated carbocycles. The first kappa shape index (κ1) is 22.4. The minimum atomic E-state index is -0.233. The van der Waals surface area contributed by atoms with Crippen molar-refractivity contribution in [1.29, 1.82) is 0 Å². The third kappa shape index (κ3) is 4.25. The second-order valence-electron chi connectivity index (χ2n) is 7.65. The monoisotopic (exact) mass is 510 g/mol. The summed E-state index contributed by atoms with van der Waals surface area (Å²) in [5.74, 6) is 0.521. The maximum absolute atomic E-state index is 12.6. The molecule has 3 heterocycles. The summed E-state index contributed by atoms with van der Waals surface area (Å²) in [4.78, 5) is 15.0. The number of hydrogen-bond acceptors (Lipinski definition) is 4. The number of fused-ring (bicyclic) bond motifs is 2. The Hall–Kier alpha value is -0.820. The Bertz CT molecular complexity index is 937. The average Bonchev–Trinajstić information content (AvgIpc) is 3.26. The van der Waals surface area contributed by atoms with Crippen LogP contribution in [-0.4, -0.2) is 36.0 Å². The van der Waals surface area contributed by atoms with Gasteiger partial charge >= 0.3 is 0 Å². The van der Waals surface area contributed by atoms with Gasteiger partial charge in [0.15, 0.2) is 11.5 Å². The number of benzene rings is 1. The van der Waals surface area contributed by atoms with E-state index in [9.17, 15) is 4.79 Å². The number of furan rings is 1. The summed E-state index contributed by atoms with van der Waals surface area (Å²) in [6.07, 6.45) is 4.31. The van der Waals surface area contributed by atoms with Crippen LogP contribution in [0.25, 0.3) is 0 Å². The lowest BCUT2D eigenvalue weighted by atomic mass is 9.98. The molecule has 1 aromatic carbocycles. The summed E-state index contributed by atoms with van der Waals surface area (Å²) in [6, 6.07) is 4.52. The lowest BCUT2D eigenvalue weighted by Crippen LogP contribution is -2.48. The smallest absolute Gasteiger partial charge is 0.287 e. The summed E-state index contributed by atoms with van der Waals surface area (Å²) in [5, 5.41) is 3.35. The van der Waals surface area contributed by atoms with Gasteiger partial charge in [-0.25, -0.2) is 0 Å². The molecule has 2 aliphatic heterocycles. The Labute approximate surface area is 199 Å². The van der Waals surface area contributed by atoms with Crippen LogP contribution < -0.4 is 10.1 Å². The fraction of sp³-hybridized carbons (Fsp3) is 0.450. The van der Waals surface area contributed by atoms with E-state index in [-0.39, 0.29) is 55.2 Å². The van der Waals surface area contributed by atoms with Gasteiger partial charge in [-0.05, 0) is 44.9 Å². The summed E-state index contributed by atoms with van der Waals surface area (Å²) in [7, 11) is 2.17. The van der Waals surface area contributed by atoms with Crippen molar-refractivity contribution in [2.75, 3.05) is 7.05 Å². The average molecular weight is 513 g/mol. The van der Waals surface area contributed by atoms with E-state index in [4.69, 9.17) is 67.2 Å². The van der Waals surface area contributed by atoms with Gasteiger partial charge in [0.05, 0.1) is 15.1 Å². The predicted molar refractivity (Wildman–Crippen MR) is 120 cm³/mol. The summed E-state index contributed by atoms with van der Waals surface area (Å²) in [6.45, 7) is -0.0145. The van der Waals surface area contributed by atoms with Crippen LogP contribution in [0.4, 0.5) is 0 Å². The Morgan fingerprint density at radius 2 is 1.60 bits per heavy atom. The first-order chi connectivity index (χ1) is 14.3. The van der Waals surface area contributed by atoms with Crippen LogP contribution in [-0.2, 0) is 6.61 Å². The molecule has 2 aromatic rings. The highest BCUT2D eigenvalue weighted by Gasteiger charge is 2.39. The van der Waals surface area contributed by atoms with Crippen molar-refractivity contribution in [3.8, 4) is 5.75 Å². The third-order valence-electron chi connectivity index (χ3n) is 5.85. The fourth-order valence-electron chi connectivity index (χ4n) is 4.22. The van der Waals surface area contributed by atoms with Crippen molar-refractivity contribution in [3.05, 3.63) is 48.8 Å². The number of nitrogens with zero attached hydrogens (tertiary/aromatic N) is 1. The van der Waals surface area contributed by atoms with Crippen molar-refractivity contribution < 1.29 is 13.9 Å². The Morgan fingerprint density at radius 3 is 2.20 bits per heavy atom. The Morgan fingerprint density at radius 1 is 1.03 bits per heavy atom. The maximum Gasteiger partial charge on any atom is 0.287 e. The number of nitrogens with one attached hydrogen (secondary N) is 1. The highest BCUT2D eigenvalue weighted by Crippen LogP contribution is 2.48. The highest BCUT2D eigenvalue weighted by atomic mass is 35.5. The molecular formula is C20H19Cl5N2O3. The topological polar surface area (TPSA) is 54.7 Å². The van der Waals surface area contributed by atoms with E-state index < -0.39 is 0 Å². The van der Waals surface area contributed by atoms with Gasteiger partial charge < -0.3 is 19.4 Å². The zero-order valence-electron chi connectivity index (χ0n) is 16.0. The molecule has 0 spiro atoms. The van der Waals surface area contributed by atoms with Gasteiger partial charge in [0.25, 0.3) is 5.91 Å². The molecule has 1 amide bonds. The van der Waals surface area contributed by atoms with E-state index in [1.807, 2.05) is 0 Å².